The second-order valence-electron chi connectivity index (χ2n) is 9.24. The zero-order chi connectivity index (χ0) is 22.6. The van der Waals surface area contributed by atoms with Crippen molar-refractivity contribution in [3.63, 3.8) is 0 Å². The van der Waals surface area contributed by atoms with Gasteiger partial charge in [-0.25, -0.2) is 4.99 Å². The van der Waals surface area contributed by atoms with E-state index in [0.717, 1.165) is 24.8 Å². The van der Waals surface area contributed by atoms with Crippen LogP contribution in [0.4, 0.5) is 0 Å². The summed E-state index contributed by atoms with van der Waals surface area (Å²) in [6.07, 6.45) is 7.69. The Morgan fingerprint density at radius 2 is 1.78 bits per heavy atom. The van der Waals surface area contributed by atoms with E-state index in [9.17, 15) is 0 Å². The molecular weight excluding hydrogens is 398 g/mol. The summed E-state index contributed by atoms with van der Waals surface area (Å²) in [5.41, 5.74) is 2.41. The van der Waals surface area contributed by atoms with Gasteiger partial charge in [-0.3, -0.25) is 0 Å². The van der Waals surface area contributed by atoms with Crippen LogP contribution < -0.4 is 15.4 Å². The number of hydrogen-bond acceptors (Lipinski definition) is 4. The molecular formula is C26H45N5O. The molecule has 2 fully saturated rings. The molecule has 1 aliphatic carbocycles. The molecule has 180 valence electrons. The minimum Gasteiger partial charge on any atom is -0.490 e. The summed E-state index contributed by atoms with van der Waals surface area (Å²) in [6.45, 7) is 16.2. The van der Waals surface area contributed by atoms with Crippen LogP contribution in [0, 0.1) is 6.92 Å². The third kappa shape index (κ3) is 8.28. The summed E-state index contributed by atoms with van der Waals surface area (Å²) in [5, 5.41) is 6.91. The van der Waals surface area contributed by atoms with Gasteiger partial charge >= 0.3 is 0 Å². The number of aliphatic imine (C=N–C) groups is 1. The number of unbranched alkanes of at least 4 members (excludes halogenated alkanes) is 1. The van der Waals surface area contributed by atoms with Crippen molar-refractivity contribution in [1.82, 2.24) is 20.4 Å². The van der Waals surface area contributed by atoms with Crippen molar-refractivity contribution < 1.29 is 4.74 Å². The summed E-state index contributed by atoms with van der Waals surface area (Å²) >= 11 is 0. The number of rotatable bonds is 11. The Balaban J connectivity index is 1.43. The lowest BCUT2D eigenvalue weighted by Gasteiger charge is -2.34. The van der Waals surface area contributed by atoms with Crippen molar-refractivity contribution in [2.75, 3.05) is 52.4 Å². The van der Waals surface area contributed by atoms with E-state index in [2.05, 4.69) is 59.4 Å². The summed E-state index contributed by atoms with van der Waals surface area (Å²) in [4.78, 5) is 10.00. The van der Waals surface area contributed by atoms with E-state index in [1.54, 1.807) is 0 Å². The molecule has 6 heteroatoms. The van der Waals surface area contributed by atoms with Gasteiger partial charge in [-0.1, -0.05) is 19.1 Å². The Bertz CT molecular complexity index is 693. The van der Waals surface area contributed by atoms with Crippen LogP contribution in [-0.2, 0) is 6.54 Å². The average molecular weight is 444 g/mol. The highest BCUT2D eigenvalue weighted by atomic mass is 16.5. The molecule has 1 aromatic rings. The minimum absolute atomic E-state index is 0.371. The van der Waals surface area contributed by atoms with Gasteiger partial charge in [0.1, 0.15) is 5.75 Å². The lowest BCUT2D eigenvalue weighted by molar-refractivity contribution is 0.136. The van der Waals surface area contributed by atoms with Crippen molar-refractivity contribution in [2.45, 2.75) is 71.9 Å². The van der Waals surface area contributed by atoms with Gasteiger partial charge in [0.2, 0.25) is 0 Å². The number of likely N-dealkylation sites (N-methyl/N-ethyl adjacent to an activating group) is 1. The van der Waals surface area contributed by atoms with E-state index in [1.165, 1.54) is 88.9 Å². The number of piperazine rings is 1. The van der Waals surface area contributed by atoms with Gasteiger partial charge < -0.3 is 25.2 Å². The van der Waals surface area contributed by atoms with Crippen molar-refractivity contribution in [3.8, 4) is 5.75 Å². The first-order chi connectivity index (χ1) is 15.7. The average Bonchev–Trinajstić information content (AvgIpc) is 3.31. The van der Waals surface area contributed by atoms with Crippen LogP contribution in [0.5, 0.6) is 5.75 Å². The number of hydrogen-bond donors (Lipinski definition) is 2. The molecule has 3 rings (SSSR count). The van der Waals surface area contributed by atoms with Gasteiger partial charge in [-0.15, -0.1) is 0 Å². The summed E-state index contributed by atoms with van der Waals surface area (Å²) in [6, 6.07) is 6.50. The normalized spacial score (nSPS) is 18.8. The Kier molecular flexibility index (Phi) is 10.6. The molecule has 6 nitrogen and oxygen atoms in total. The topological polar surface area (TPSA) is 52.1 Å². The molecule has 2 aliphatic rings. The SMILES string of the molecule is CCNC(=NCc1ccc(C)cc1OC1CCCC1)NCCCCN1CCN(CC)CC1. The van der Waals surface area contributed by atoms with Gasteiger partial charge in [-0.05, 0) is 77.1 Å². The highest BCUT2D eigenvalue weighted by molar-refractivity contribution is 5.79. The number of benzene rings is 1. The molecule has 32 heavy (non-hydrogen) atoms. The van der Waals surface area contributed by atoms with E-state index >= 15 is 0 Å². The molecule has 0 aromatic heterocycles. The molecule has 1 saturated carbocycles. The van der Waals surface area contributed by atoms with E-state index in [1.807, 2.05) is 0 Å². The molecule has 0 radical (unpaired) electrons. The van der Waals surface area contributed by atoms with E-state index in [-0.39, 0.29) is 0 Å². The van der Waals surface area contributed by atoms with Gasteiger partial charge in [0.15, 0.2) is 5.96 Å². The maximum absolute atomic E-state index is 6.35. The fourth-order valence-corrected chi connectivity index (χ4v) is 4.59. The van der Waals surface area contributed by atoms with Gasteiger partial charge in [-0.2, -0.15) is 0 Å². The van der Waals surface area contributed by atoms with Gasteiger partial charge in [0, 0.05) is 44.8 Å². The predicted molar refractivity (Wildman–Crippen MR) is 135 cm³/mol. The third-order valence-corrected chi connectivity index (χ3v) is 6.68. The summed E-state index contributed by atoms with van der Waals surface area (Å²) in [7, 11) is 0. The molecule has 0 atom stereocenters. The number of guanidine groups is 1. The van der Waals surface area contributed by atoms with E-state index in [0.29, 0.717) is 12.6 Å². The Labute approximate surface area is 195 Å². The van der Waals surface area contributed by atoms with E-state index in [4.69, 9.17) is 9.73 Å². The molecule has 1 saturated heterocycles. The Morgan fingerprint density at radius 3 is 2.50 bits per heavy atom. The zero-order valence-corrected chi connectivity index (χ0v) is 20.7. The lowest BCUT2D eigenvalue weighted by Crippen LogP contribution is -2.46. The number of nitrogens with one attached hydrogen (secondary N) is 2. The zero-order valence-electron chi connectivity index (χ0n) is 20.7. The standard InChI is InChI=1S/C26H45N5O/c1-4-27-26(28-14-8-9-15-31-18-16-30(5-2)17-19-31)29-21-23-13-12-22(3)20-25(23)32-24-10-6-7-11-24/h12-13,20,24H,4-11,14-19,21H2,1-3H3,(H2,27,28,29). The fraction of sp³-hybridized carbons (Fsp3) is 0.731. The molecule has 0 spiro atoms. The van der Waals surface area contributed by atoms with Crippen molar-refractivity contribution in [2.24, 2.45) is 4.99 Å². The van der Waals surface area contributed by atoms with Gasteiger partial charge in [0.25, 0.3) is 0 Å². The first-order valence-electron chi connectivity index (χ1n) is 12.9. The first-order valence-corrected chi connectivity index (χ1v) is 12.9. The van der Waals surface area contributed by atoms with Crippen molar-refractivity contribution in [1.29, 1.82) is 0 Å². The molecule has 0 bridgehead atoms. The summed E-state index contributed by atoms with van der Waals surface area (Å²) in [5.74, 6) is 1.91. The van der Waals surface area contributed by atoms with Gasteiger partial charge in [0.05, 0.1) is 12.6 Å². The molecule has 1 heterocycles. The lowest BCUT2D eigenvalue weighted by atomic mass is 10.1. The smallest absolute Gasteiger partial charge is 0.191 e. The largest absolute Gasteiger partial charge is 0.490 e. The highest BCUT2D eigenvalue weighted by Gasteiger charge is 2.18. The Morgan fingerprint density at radius 1 is 1.03 bits per heavy atom. The maximum Gasteiger partial charge on any atom is 0.191 e. The molecule has 2 N–H and O–H groups in total. The minimum atomic E-state index is 0.371. The van der Waals surface area contributed by atoms with Crippen LogP contribution in [0.25, 0.3) is 0 Å². The van der Waals surface area contributed by atoms with Crippen LogP contribution in [0.3, 0.4) is 0 Å². The molecule has 1 aromatic carbocycles. The van der Waals surface area contributed by atoms with Crippen LogP contribution in [0.2, 0.25) is 0 Å². The van der Waals surface area contributed by atoms with Crippen LogP contribution in [0.15, 0.2) is 23.2 Å². The second-order valence-corrected chi connectivity index (χ2v) is 9.24. The molecule has 0 unspecified atom stereocenters. The first kappa shape index (κ1) is 24.8. The molecule has 0 amide bonds. The number of nitrogens with zero attached hydrogens (tertiary/aromatic N) is 3. The Hall–Kier alpha value is -1.79. The number of ether oxygens (including phenoxy) is 1. The maximum atomic E-state index is 6.35. The fourth-order valence-electron chi connectivity index (χ4n) is 4.59. The van der Waals surface area contributed by atoms with E-state index < -0.39 is 0 Å². The molecule has 1 aliphatic heterocycles. The van der Waals surface area contributed by atoms with Crippen LogP contribution in [0.1, 0.15) is 63.5 Å². The monoisotopic (exact) mass is 443 g/mol. The highest BCUT2D eigenvalue weighted by Crippen LogP contribution is 2.28. The summed E-state index contributed by atoms with van der Waals surface area (Å²) < 4.78 is 6.35. The number of aryl methyl sites for hydroxylation is 1. The van der Waals surface area contributed by atoms with Crippen LogP contribution in [-0.4, -0.2) is 74.2 Å². The third-order valence-electron chi connectivity index (χ3n) is 6.68. The van der Waals surface area contributed by atoms with Crippen LogP contribution >= 0.6 is 0 Å². The second kappa shape index (κ2) is 13.7. The van der Waals surface area contributed by atoms with Crippen molar-refractivity contribution in [3.05, 3.63) is 29.3 Å². The quantitative estimate of drug-likeness (QED) is 0.310. The van der Waals surface area contributed by atoms with Crippen molar-refractivity contribution >= 4 is 5.96 Å². The predicted octanol–water partition coefficient (Wildman–Crippen LogP) is 3.79.